The molecule has 25 heavy (non-hydrogen) atoms. The predicted octanol–water partition coefficient (Wildman–Crippen LogP) is 1.36. The zero-order valence-corrected chi connectivity index (χ0v) is 13.6. The highest BCUT2D eigenvalue weighted by Crippen LogP contribution is 2.32. The van der Waals surface area contributed by atoms with Gasteiger partial charge in [-0.3, -0.25) is 4.79 Å². The Morgan fingerprint density at radius 2 is 2.20 bits per heavy atom. The van der Waals surface area contributed by atoms with E-state index in [1.807, 2.05) is 6.07 Å². The third-order valence-electron chi connectivity index (χ3n) is 3.79. The molecule has 0 bridgehead atoms. The molecule has 2 aromatic rings. The fourth-order valence-electron chi connectivity index (χ4n) is 2.39. The third kappa shape index (κ3) is 3.84. The average Bonchev–Trinajstić information content (AvgIpc) is 2.61. The lowest BCUT2D eigenvalue weighted by Crippen LogP contribution is -2.71. The van der Waals surface area contributed by atoms with Crippen molar-refractivity contribution < 1.29 is 19.3 Å². The number of hydrogen-bond donors (Lipinski definition) is 2. The number of anilines is 1. The lowest BCUT2D eigenvalue weighted by molar-refractivity contribution is -0.577. The molecule has 0 saturated heterocycles. The van der Waals surface area contributed by atoms with E-state index in [1.54, 1.807) is 47.7 Å². The van der Waals surface area contributed by atoms with Crippen LogP contribution in [0.4, 0.5) is 15.8 Å². The van der Waals surface area contributed by atoms with Gasteiger partial charge in [0.05, 0.1) is 11.9 Å². The van der Waals surface area contributed by atoms with Crippen LogP contribution >= 0.6 is 0 Å². The number of halogens is 1. The summed E-state index contributed by atoms with van der Waals surface area (Å²) < 4.78 is 18.5. The summed E-state index contributed by atoms with van der Waals surface area (Å²) in [7, 11) is 1.70. The van der Waals surface area contributed by atoms with Gasteiger partial charge in [0.15, 0.2) is 12.3 Å². The fraction of sp³-hybridized carbons (Fsp3) is 0.111. The molecule has 0 radical (unpaired) electrons. The normalized spacial score (nSPS) is 14.6. The maximum absolute atomic E-state index is 13.1. The molecule has 1 aliphatic rings. The lowest BCUT2D eigenvalue weighted by Gasteiger charge is -2.26. The van der Waals surface area contributed by atoms with Crippen LogP contribution in [0.2, 0.25) is 0 Å². The molecule has 0 aliphatic carbocycles. The number of nitrogens with zero attached hydrogens (tertiary/aromatic N) is 2. The zero-order valence-electron chi connectivity index (χ0n) is 13.6. The Kier molecular flexibility index (Phi) is 4.76. The van der Waals surface area contributed by atoms with Gasteiger partial charge < -0.3 is 15.4 Å². The largest absolute Gasteiger partial charge is 0.482 e. The van der Waals surface area contributed by atoms with Crippen molar-refractivity contribution in [2.45, 2.75) is 0 Å². The zero-order chi connectivity index (χ0) is 17.8. The number of amides is 1. The van der Waals surface area contributed by atoms with E-state index >= 15 is 0 Å². The van der Waals surface area contributed by atoms with Gasteiger partial charge in [-0.1, -0.05) is 11.2 Å². The lowest BCUT2D eigenvalue weighted by atomic mass is 10.1. The molecule has 0 fully saturated rings. The number of quaternary nitrogens is 1. The van der Waals surface area contributed by atoms with E-state index in [2.05, 4.69) is 5.10 Å². The first kappa shape index (κ1) is 16.7. The Balaban J connectivity index is 1.72. The Morgan fingerprint density at radius 3 is 3.00 bits per heavy atom. The standard InChI is InChI=1S/C18H17FN4O2/c1-23-16-9-12(5-6-17(16)25-11-18(23)24)15(20)7-8-21-22-14-4-2-3-13(19)10-14/h2-10,22H,11,20H2,1H3/p+1. The SMILES string of the molecule is CN1C(=O)COc2ccc(C(N)=CC=N[NH2+]c3cccc(F)c3)cc21. The summed E-state index contributed by atoms with van der Waals surface area (Å²) in [6, 6.07) is 11.5. The van der Waals surface area contributed by atoms with E-state index in [0.717, 1.165) is 5.56 Å². The maximum Gasteiger partial charge on any atom is 0.264 e. The molecule has 3 rings (SSSR count). The minimum Gasteiger partial charge on any atom is -0.482 e. The summed E-state index contributed by atoms with van der Waals surface area (Å²) >= 11 is 0. The van der Waals surface area contributed by atoms with Crippen LogP contribution in [0.25, 0.3) is 5.70 Å². The van der Waals surface area contributed by atoms with Gasteiger partial charge in [0, 0.05) is 24.9 Å². The minimum atomic E-state index is -0.311. The van der Waals surface area contributed by atoms with Crippen LogP contribution < -0.4 is 20.8 Å². The summed E-state index contributed by atoms with van der Waals surface area (Å²) in [5.74, 6) is 0.221. The van der Waals surface area contributed by atoms with Crippen molar-refractivity contribution in [3.8, 4) is 5.75 Å². The molecule has 0 aromatic heterocycles. The van der Waals surface area contributed by atoms with E-state index in [-0.39, 0.29) is 18.3 Å². The van der Waals surface area contributed by atoms with Crippen LogP contribution in [0.1, 0.15) is 5.56 Å². The van der Waals surface area contributed by atoms with E-state index in [4.69, 9.17) is 10.5 Å². The van der Waals surface area contributed by atoms with Gasteiger partial charge in [-0.25, -0.2) is 4.39 Å². The van der Waals surface area contributed by atoms with Crippen LogP contribution in [0.15, 0.2) is 53.6 Å². The summed E-state index contributed by atoms with van der Waals surface area (Å²) in [6.45, 7) is 0.0384. The van der Waals surface area contributed by atoms with Crippen LogP contribution in [-0.4, -0.2) is 25.8 Å². The topological polar surface area (TPSA) is 84.5 Å². The second-order valence-electron chi connectivity index (χ2n) is 5.53. The van der Waals surface area contributed by atoms with E-state index in [0.29, 0.717) is 22.8 Å². The molecule has 2 aromatic carbocycles. The Hall–Kier alpha value is -3.19. The molecule has 1 amide bonds. The highest BCUT2D eigenvalue weighted by Gasteiger charge is 2.22. The summed E-state index contributed by atoms with van der Waals surface area (Å²) in [6.07, 6.45) is 3.17. The average molecular weight is 341 g/mol. The molecule has 4 N–H and O–H groups in total. The van der Waals surface area contributed by atoms with Crippen molar-refractivity contribution in [3.63, 3.8) is 0 Å². The molecule has 0 atom stereocenters. The van der Waals surface area contributed by atoms with Gasteiger partial charge in [-0.15, -0.1) is 0 Å². The number of benzene rings is 2. The van der Waals surface area contributed by atoms with Crippen molar-refractivity contribution in [1.29, 1.82) is 0 Å². The molecular weight excluding hydrogens is 323 g/mol. The predicted molar refractivity (Wildman–Crippen MR) is 94.0 cm³/mol. The molecule has 7 heteroatoms. The van der Waals surface area contributed by atoms with E-state index < -0.39 is 0 Å². The number of allylic oxidation sites excluding steroid dienone is 1. The number of fused-ring (bicyclic) bond motifs is 1. The Bertz CT molecular complexity index is 864. The van der Waals surface area contributed by atoms with Gasteiger partial charge in [-0.2, -0.15) is 5.43 Å². The van der Waals surface area contributed by atoms with Crippen LogP contribution in [0.5, 0.6) is 5.75 Å². The van der Waals surface area contributed by atoms with Gasteiger partial charge in [0.2, 0.25) is 0 Å². The number of carbonyl (C=O) groups is 1. The number of hydrogen-bond acceptors (Lipinski definition) is 4. The first-order valence-corrected chi connectivity index (χ1v) is 7.66. The van der Waals surface area contributed by atoms with Crippen molar-refractivity contribution in [3.05, 3.63) is 59.9 Å². The Morgan fingerprint density at radius 1 is 1.36 bits per heavy atom. The fourth-order valence-corrected chi connectivity index (χ4v) is 2.39. The van der Waals surface area contributed by atoms with E-state index in [9.17, 15) is 9.18 Å². The second kappa shape index (κ2) is 7.14. The van der Waals surface area contributed by atoms with Crippen molar-refractivity contribution in [1.82, 2.24) is 0 Å². The minimum absolute atomic E-state index is 0.0384. The van der Waals surface area contributed by atoms with Gasteiger partial charge in [-0.05, 0) is 35.9 Å². The Labute approximate surface area is 144 Å². The first-order valence-electron chi connectivity index (χ1n) is 7.66. The summed E-state index contributed by atoms with van der Waals surface area (Å²) in [4.78, 5) is 13.3. The van der Waals surface area contributed by atoms with Crippen molar-refractivity contribution in [2.24, 2.45) is 10.8 Å². The molecule has 0 saturated carbocycles. The number of rotatable bonds is 4. The number of ether oxygens (including phenoxy) is 1. The molecule has 0 unspecified atom stereocenters. The van der Waals surface area contributed by atoms with Crippen molar-refractivity contribution in [2.75, 3.05) is 18.6 Å². The molecule has 1 aliphatic heterocycles. The number of likely N-dealkylation sites (N-methyl/N-ethyl adjacent to an activating group) is 1. The highest BCUT2D eigenvalue weighted by atomic mass is 19.1. The molecule has 6 nitrogen and oxygen atoms in total. The number of nitrogens with two attached hydrogens (primary N) is 2. The van der Waals surface area contributed by atoms with Gasteiger partial charge >= 0.3 is 0 Å². The first-order chi connectivity index (χ1) is 12.0. The van der Waals surface area contributed by atoms with Gasteiger partial charge in [0.1, 0.15) is 11.6 Å². The molecule has 128 valence electrons. The summed E-state index contributed by atoms with van der Waals surface area (Å²) in [5, 5.41) is 4.10. The van der Waals surface area contributed by atoms with Crippen LogP contribution in [0.3, 0.4) is 0 Å². The van der Waals surface area contributed by atoms with Crippen molar-refractivity contribution >= 4 is 29.2 Å². The van der Waals surface area contributed by atoms with E-state index in [1.165, 1.54) is 18.3 Å². The molecular formula is C18H18FN4O2+. The monoisotopic (exact) mass is 341 g/mol. The quantitative estimate of drug-likeness (QED) is 0.381. The van der Waals surface area contributed by atoms with Crippen LogP contribution in [-0.2, 0) is 4.79 Å². The summed E-state index contributed by atoms with van der Waals surface area (Å²) in [5.41, 5.74) is 10.2. The third-order valence-corrected chi connectivity index (χ3v) is 3.79. The maximum atomic E-state index is 13.1. The molecule has 1 heterocycles. The number of carbonyl (C=O) groups excluding carboxylic acids is 1. The smallest absolute Gasteiger partial charge is 0.264 e. The molecule has 0 spiro atoms. The highest BCUT2D eigenvalue weighted by molar-refractivity contribution is 5.98. The van der Waals surface area contributed by atoms with Gasteiger partial charge in [0.25, 0.3) is 5.91 Å². The second-order valence-corrected chi connectivity index (χ2v) is 5.53. The van der Waals surface area contributed by atoms with Crippen LogP contribution in [0, 0.1) is 5.82 Å².